The molecule has 1 aromatic rings. The van der Waals surface area contributed by atoms with Crippen LogP contribution in [0.3, 0.4) is 0 Å². The first kappa shape index (κ1) is 16.5. The maximum absolute atomic E-state index is 11.9. The fourth-order valence-electron chi connectivity index (χ4n) is 1.67. The van der Waals surface area contributed by atoms with Crippen LogP contribution in [0.25, 0.3) is 0 Å². The number of anilines is 2. The Labute approximate surface area is 127 Å². The molecule has 110 valence electrons. The molecule has 2 amide bonds. The summed E-state index contributed by atoms with van der Waals surface area (Å²) >= 11 is 1.50. The molecule has 3 N–H and O–H groups in total. The van der Waals surface area contributed by atoms with Gasteiger partial charge in [-0.15, -0.1) is 24.2 Å². The molecule has 0 aromatic heterocycles. The van der Waals surface area contributed by atoms with Crippen molar-refractivity contribution in [2.75, 3.05) is 36.3 Å². The molecule has 8 heteroatoms. The summed E-state index contributed by atoms with van der Waals surface area (Å²) < 4.78 is 5.07. The number of carbonyl (C=O) groups is 2. The standard InChI is InChI=1S/C12H15N3O3S.ClH/c1-18-8-2-3-9(13)10(4-8)14-11(16)5-15-7-19-6-12(15)17;/h2-4H,5-7,13H2,1H3,(H,14,16);1H. The number of benzene rings is 1. The summed E-state index contributed by atoms with van der Waals surface area (Å²) in [7, 11) is 1.54. The number of nitrogens with one attached hydrogen (secondary N) is 1. The van der Waals surface area contributed by atoms with Gasteiger partial charge < -0.3 is 20.7 Å². The Balaban J connectivity index is 0.00000200. The van der Waals surface area contributed by atoms with Crippen LogP contribution >= 0.6 is 24.2 Å². The number of thioether (sulfide) groups is 1. The second kappa shape index (κ2) is 7.25. The molecule has 0 aliphatic carbocycles. The molecule has 2 rings (SSSR count). The van der Waals surface area contributed by atoms with Crippen molar-refractivity contribution in [1.82, 2.24) is 4.90 Å². The number of nitrogens with two attached hydrogens (primary N) is 1. The summed E-state index contributed by atoms with van der Waals surface area (Å²) in [6.07, 6.45) is 0. The van der Waals surface area contributed by atoms with Crippen molar-refractivity contribution in [3.63, 3.8) is 0 Å². The number of nitrogen functional groups attached to an aromatic ring is 1. The number of carbonyl (C=O) groups excluding carboxylic acids is 2. The quantitative estimate of drug-likeness (QED) is 0.814. The normalized spacial score (nSPS) is 13.8. The molecule has 1 aliphatic rings. The van der Waals surface area contributed by atoms with Gasteiger partial charge >= 0.3 is 0 Å². The maximum atomic E-state index is 11.9. The van der Waals surface area contributed by atoms with Gasteiger partial charge in [0.05, 0.1) is 30.1 Å². The first-order valence-corrected chi connectivity index (χ1v) is 6.84. The first-order valence-electron chi connectivity index (χ1n) is 5.69. The molecule has 1 saturated heterocycles. The van der Waals surface area contributed by atoms with E-state index in [1.54, 1.807) is 18.2 Å². The minimum absolute atomic E-state index is 0. The lowest BCUT2D eigenvalue weighted by Gasteiger charge is -2.15. The van der Waals surface area contributed by atoms with Crippen molar-refractivity contribution in [2.24, 2.45) is 0 Å². The lowest BCUT2D eigenvalue weighted by Crippen LogP contribution is -2.34. The van der Waals surface area contributed by atoms with E-state index in [4.69, 9.17) is 10.5 Å². The fourth-order valence-corrected chi connectivity index (χ4v) is 2.58. The Morgan fingerprint density at radius 2 is 2.30 bits per heavy atom. The number of methoxy groups -OCH3 is 1. The molecular weight excluding hydrogens is 302 g/mol. The van der Waals surface area contributed by atoms with Gasteiger partial charge in [0.15, 0.2) is 0 Å². The van der Waals surface area contributed by atoms with Crippen LogP contribution in [0, 0.1) is 0 Å². The second-order valence-corrected chi connectivity index (χ2v) is 5.03. The lowest BCUT2D eigenvalue weighted by molar-refractivity contribution is -0.130. The van der Waals surface area contributed by atoms with E-state index in [9.17, 15) is 9.59 Å². The molecule has 0 spiro atoms. The van der Waals surface area contributed by atoms with Gasteiger partial charge in [-0.1, -0.05) is 0 Å². The highest BCUT2D eigenvalue weighted by atomic mass is 35.5. The number of nitrogens with zero attached hydrogens (tertiary/aromatic N) is 1. The molecule has 0 atom stereocenters. The van der Waals surface area contributed by atoms with Crippen LogP contribution in [0.15, 0.2) is 18.2 Å². The van der Waals surface area contributed by atoms with Gasteiger partial charge in [-0.2, -0.15) is 0 Å². The Morgan fingerprint density at radius 3 is 2.90 bits per heavy atom. The van der Waals surface area contributed by atoms with E-state index in [2.05, 4.69) is 5.32 Å². The molecule has 20 heavy (non-hydrogen) atoms. The Bertz CT molecular complexity index is 513. The van der Waals surface area contributed by atoms with Gasteiger partial charge in [0.2, 0.25) is 11.8 Å². The summed E-state index contributed by atoms with van der Waals surface area (Å²) in [6, 6.07) is 5.02. The van der Waals surface area contributed by atoms with Crippen LogP contribution in [-0.2, 0) is 9.59 Å². The van der Waals surface area contributed by atoms with Crippen LogP contribution < -0.4 is 15.8 Å². The van der Waals surface area contributed by atoms with Crippen LogP contribution in [0.1, 0.15) is 0 Å². The molecular formula is C12H16ClN3O3S. The van der Waals surface area contributed by atoms with Crippen LogP contribution in [0.4, 0.5) is 11.4 Å². The van der Waals surface area contributed by atoms with Crippen molar-refractivity contribution in [2.45, 2.75) is 0 Å². The summed E-state index contributed by atoms with van der Waals surface area (Å²) in [5, 5.41) is 2.69. The van der Waals surface area contributed by atoms with E-state index < -0.39 is 0 Å². The molecule has 6 nitrogen and oxygen atoms in total. The number of amides is 2. The minimum Gasteiger partial charge on any atom is -0.497 e. The third kappa shape index (κ3) is 3.94. The van der Waals surface area contributed by atoms with Gasteiger partial charge in [-0.3, -0.25) is 9.59 Å². The molecule has 1 aliphatic heterocycles. The van der Waals surface area contributed by atoms with Gasteiger partial charge in [0.1, 0.15) is 12.3 Å². The van der Waals surface area contributed by atoms with Crippen molar-refractivity contribution < 1.29 is 14.3 Å². The highest BCUT2D eigenvalue weighted by Gasteiger charge is 2.23. The fraction of sp³-hybridized carbons (Fsp3) is 0.333. The van der Waals surface area contributed by atoms with Crippen molar-refractivity contribution in [3.8, 4) is 5.75 Å². The van der Waals surface area contributed by atoms with E-state index in [-0.39, 0.29) is 30.8 Å². The van der Waals surface area contributed by atoms with E-state index in [1.165, 1.54) is 23.8 Å². The first-order chi connectivity index (χ1) is 9.10. The average molecular weight is 318 g/mol. The third-order valence-electron chi connectivity index (χ3n) is 2.69. The molecule has 0 radical (unpaired) electrons. The van der Waals surface area contributed by atoms with Gasteiger partial charge in [-0.05, 0) is 12.1 Å². The topological polar surface area (TPSA) is 84.7 Å². The number of halogens is 1. The summed E-state index contributed by atoms with van der Waals surface area (Å²) in [6.45, 7) is 0.0441. The van der Waals surface area contributed by atoms with E-state index in [1.807, 2.05) is 0 Å². The largest absolute Gasteiger partial charge is 0.497 e. The monoisotopic (exact) mass is 317 g/mol. The highest BCUT2D eigenvalue weighted by Crippen LogP contribution is 2.24. The second-order valence-electron chi connectivity index (χ2n) is 4.07. The van der Waals surface area contributed by atoms with Crippen LogP contribution in [0.5, 0.6) is 5.75 Å². The van der Waals surface area contributed by atoms with Crippen LogP contribution in [0.2, 0.25) is 0 Å². The SMILES string of the molecule is COc1ccc(N)c(NC(=O)CN2CSCC2=O)c1.Cl. The zero-order chi connectivity index (χ0) is 13.8. The highest BCUT2D eigenvalue weighted by molar-refractivity contribution is 8.00. The number of rotatable bonds is 4. The van der Waals surface area contributed by atoms with Crippen molar-refractivity contribution >= 4 is 47.4 Å². The Kier molecular flexibility index (Phi) is 5.97. The van der Waals surface area contributed by atoms with Crippen molar-refractivity contribution in [1.29, 1.82) is 0 Å². The summed E-state index contributed by atoms with van der Waals surface area (Å²) in [4.78, 5) is 24.8. The molecule has 0 bridgehead atoms. The zero-order valence-corrected chi connectivity index (χ0v) is 12.6. The Hall–Kier alpha value is -1.60. The molecule has 1 fully saturated rings. The summed E-state index contributed by atoms with van der Waals surface area (Å²) in [5.74, 6) is 1.32. The lowest BCUT2D eigenvalue weighted by atomic mass is 10.2. The summed E-state index contributed by atoms with van der Waals surface area (Å²) in [5.41, 5.74) is 6.72. The van der Waals surface area contributed by atoms with Gasteiger partial charge in [-0.25, -0.2) is 0 Å². The minimum atomic E-state index is -0.268. The predicted octanol–water partition coefficient (Wildman–Crippen LogP) is 1.17. The van der Waals surface area contributed by atoms with E-state index >= 15 is 0 Å². The predicted molar refractivity (Wildman–Crippen MR) is 82.3 cm³/mol. The van der Waals surface area contributed by atoms with E-state index in [0.29, 0.717) is 28.8 Å². The molecule has 1 heterocycles. The van der Waals surface area contributed by atoms with Gasteiger partial charge in [0, 0.05) is 6.07 Å². The van der Waals surface area contributed by atoms with Crippen LogP contribution in [-0.4, -0.2) is 42.0 Å². The molecule has 0 unspecified atom stereocenters. The Morgan fingerprint density at radius 1 is 1.55 bits per heavy atom. The molecule has 1 aromatic carbocycles. The zero-order valence-electron chi connectivity index (χ0n) is 10.9. The van der Waals surface area contributed by atoms with E-state index in [0.717, 1.165) is 0 Å². The molecule has 0 saturated carbocycles. The third-order valence-corrected chi connectivity index (χ3v) is 3.64. The number of hydrogen-bond donors (Lipinski definition) is 2. The van der Waals surface area contributed by atoms with Crippen molar-refractivity contribution in [3.05, 3.63) is 18.2 Å². The average Bonchev–Trinajstić information content (AvgIpc) is 2.78. The van der Waals surface area contributed by atoms with Gasteiger partial charge in [0.25, 0.3) is 0 Å². The number of hydrogen-bond acceptors (Lipinski definition) is 5. The smallest absolute Gasteiger partial charge is 0.244 e. The maximum Gasteiger partial charge on any atom is 0.244 e. The number of ether oxygens (including phenoxy) is 1.